The summed E-state index contributed by atoms with van der Waals surface area (Å²) in [5, 5.41) is 10.5. The van der Waals surface area contributed by atoms with Crippen LogP contribution in [0.2, 0.25) is 5.02 Å². The minimum atomic E-state index is -1.06. The fourth-order valence-electron chi connectivity index (χ4n) is 3.03. The number of aliphatic hydroxyl groups is 1. The molecule has 5 nitrogen and oxygen atoms in total. The van der Waals surface area contributed by atoms with Gasteiger partial charge in [-0.25, -0.2) is 9.18 Å². The molecule has 2 atom stereocenters. The Kier molecular flexibility index (Phi) is 3.67. The highest BCUT2D eigenvalue weighted by Crippen LogP contribution is 2.38. The lowest BCUT2D eigenvalue weighted by molar-refractivity contribution is 0.0961. The normalized spacial score (nSPS) is 25.2. The molecule has 114 valence electrons. The van der Waals surface area contributed by atoms with Crippen molar-refractivity contribution >= 4 is 23.3 Å². The third-order valence-corrected chi connectivity index (χ3v) is 4.39. The molecule has 1 aromatic carbocycles. The number of fused-ring (bicyclic) bond motifs is 1. The number of hydrogen-bond donors (Lipinski definition) is 1. The van der Waals surface area contributed by atoms with E-state index >= 15 is 0 Å². The van der Waals surface area contributed by atoms with Crippen molar-refractivity contribution < 1.29 is 19.0 Å². The number of anilines is 1. The van der Waals surface area contributed by atoms with E-state index in [1.807, 2.05) is 0 Å². The van der Waals surface area contributed by atoms with Crippen LogP contribution in [-0.4, -0.2) is 42.0 Å². The fourth-order valence-corrected chi connectivity index (χ4v) is 3.26. The zero-order chi connectivity index (χ0) is 15.1. The molecule has 2 fully saturated rings. The predicted molar refractivity (Wildman–Crippen MR) is 76.2 cm³/mol. The van der Waals surface area contributed by atoms with E-state index in [1.54, 1.807) is 4.90 Å². The van der Waals surface area contributed by atoms with Gasteiger partial charge in [-0.05, 0) is 25.3 Å². The number of ether oxygens (including phenoxy) is 1. The molecule has 0 bridgehead atoms. The summed E-state index contributed by atoms with van der Waals surface area (Å²) < 4.78 is 19.2. The third-order valence-electron chi connectivity index (χ3n) is 4.09. The fraction of sp³-hybridized carbons (Fsp3) is 0.500. The van der Waals surface area contributed by atoms with Gasteiger partial charge in [0.05, 0.1) is 23.9 Å². The van der Waals surface area contributed by atoms with Crippen molar-refractivity contribution in [2.75, 3.05) is 18.6 Å². The molecular formula is C14H16ClFN2O3. The van der Waals surface area contributed by atoms with Gasteiger partial charge in [0.25, 0.3) is 0 Å². The van der Waals surface area contributed by atoms with E-state index in [0.29, 0.717) is 6.54 Å². The van der Waals surface area contributed by atoms with Crippen LogP contribution >= 0.6 is 11.6 Å². The minimum Gasteiger partial charge on any atom is -0.495 e. The molecule has 3 rings (SSSR count). The zero-order valence-corrected chi connectivity index (χ0v) is 12.3. The molecule has 0 radical (unpaired) electrons. The number of nitrogens with zero attached hydrogens (tertiary/aromatic N) is 2. The second-order valence-electron chi connectivity index (χ2n) is 5.26. The van der Waals surface area contributed by atoms with Gasteiger partial charge in [0.2, 0.25) is 0 Å². The molecular weight excluding hydrogens is 299 g/mol. The second kappa shape index (κ2) is 5.35. The summed E-state index contributed by atoms with van der Waals surface area (Å²) in [6.45, 7) is 0.587. The predicted octanol–water partition coefficient (Wildman–Crippen LogP) is 2.60. The van der Waals surface area contributed by atoms with Crippen molar-refractivity contribution in [2.45, 2.75) is 31.5 Å². The maximum absolute atomic E-state index is 14.2. The van der Waals surface area contributed by atoms with Crippen LogP contribution < -0.4 is 9.64 Å². The molecule has 0 spiro atoms. The molecule has 2 aliphatic heterocycles. The van der Waals surface area contributed by atoms with Crippen molar-refractivity contribution in [1.29, 1.82) is 0 Å². The maximum Gasteiger partial charge on any atom is 0.327 e. The smallest absolute Gasteiger partial charge is 0.327 e. The quantitative estimate of drug-likeness (QED) is 0.913. The summed E-state index contributed by atoms with van der Waals surface area (Å²) in [5.74, 6) is -0.397. The Labute approximate surface area is 126 Å². The molecule has 0 saturated carbocycles. The summed E-state index contributed by atoms with van der Waals surface area (Å²) in [4.78, 5) is 15.1. The van der Waals surface area contributed by atoms with Crippen LogP contribution in [0.3, 0.4) is 0 Å². The van der Waals surface area contributed by atoms with E-state index < -0.39 is 12.0 Å². The van der Waals surface area contributed by atoms with Crippen molar-refractivity contribution in [3.05, 3.63) is 23.0 Å². The highest BCUT2D eigenvalue weighted by Gasteiger charge is 2.47. The standard InChI is InChI=1S/C14H16ClFN2O3/c1-21-12-7-11(9(16)6-8(12)15)18-13(19)10-4-2-3-5-17(10)14(18)20/h6-7,10,13,19H,2-5H2,1H3. The van der Waals surface area contributed by atoms with Gasteiger partial charge in [0.15, 0.2) is 6.23 Å². The molecule has 7 heteroatoms. The number of hydrogen-bond acceptors (Lipinski definition) is 3. The highest BCUT2D eigenvalue weighted by atomic mass is 35.5. The van der Waals surface area contributed by atoms with E-state index in [2.05, 4.69) is 0 Å². The Bertz CT molecular complexity index is 584. The highest BCUT2D eigenvalue weighted by molar-refractivity contribution is 6.32. The average molecular weight is 315 g/mol. The Morgan fingerprint density at radius 3 is 2.86 bits per heavy atom. The van der Waals surface area contributed by atoms with Gasteiger partial charge in [-0.3, -0.25) is 4.90 Å². The number of carbonyl (C=O) groups is 1. The van der Waals surface area contributed by atoms with Crippen molar-refractivity contribution in [3.8, 4) is 5.75 Å². The first-order chi connectivity index (χ1) is 10.0. The first kappa shape index (κ1) is 14.4. The van der Waals surface area contributed by atoms with Gasteiger partial charge in [-0.15, -0.1) is 0 Å². The van der Waals surface area contributed by atoms with E-state index in [0.717, 1.165) is 30.2 Å². The molecule has 21 heavy (non-hydrogen) atoms. The van der Waals surface area contributed by atoms with Gasteiger partial charge in [0, 0.05) is 12.6 Å². The van der Waals surface area contributed by atoms with E-state index in [9.17, 15) is 14.3 Å². The van der Waals surface area contributed by atoms with Crippen molar-refractivity contribution in [2.24, 2.45) is 0 Å². The Morgan fingerprint density at radius 2 is 2.19 bits per heavy atom. The first-order valence-corrected chi connectivity index (χ1v) is 7.23. The van der Waals surface area contributed by atoms with Crippen LogP contribution in [0.5, 0.6) is 5.75 Å². The Hall–Kier alpha value is -1.53. The first-order valence-electron chi connectivity index (χ1n) is 6.85. The summed E-state index contributed by atoms with van der Waals surface area (Å²) in [5.41, 5.74) is -0.0110. The summed E-state index contributed by atoms with van der Waals surface area (Å²) in [6.07, 6.45) is 1.51. The van der Waals surface area contributed by atoms with Crippen molar-refractivity contribution in [1.82, 2.24) is 4.90 Å². The van der Waals surface area contributed by atoms with Crippen LogP contribution in [0.1, 0.15) is 19.3 Å². The molecule has 1 aromatic rings. The molecule has 2 unspecified atom stereocenters. The number of aliphatic hydroxyl groups excluding tert-OH is 1. The number of halogens is 2. The van der Waals surface area contributed by atoms with E-state index in [4.69, 9.17) is 16.3 Å². The Balaban J connectivity index is 2.02. The Morgan fingerprint density at radius 1 is 1.43 bits per heavy atom. The largest absolute Gasteiger partial charge is 0.495 e. The maximum atomic E-state index is 14.2. The SMILES string of the molecule is COc1cc(N2C(=O)N3CCCCC3C2O)c(F)cc1Cl. The summed E-state index contributed by atoms with van der Waals surface area (Å²) in [6, 6.07) is 1.77. The molecule has 2 aliphatic rings. The summed E-state index contributed by atoms with van der Waals surface area (Å²) >= 11 is 5.86. The van der Waals surface area contributed by atoms with Gasteiger partial charge in [0.1, 0.15) is 11.6 Å². The number of carbonyl (C=O) groups excluding carboxylic acids is 1. The number of rotatable bonds is 2. The van der Waals surface area contributed by atoms with Gasteiger partial charge < -0.3 is 14.7 Å². The lowest BCUT2D eigenvalue weighted by Gasteiger charge is -2.28. The third kappa shape index (κ3) is 2.22. The average Bonchev–Trinajstić information content (AvgIpc) is 2.72. The molecule has 0 aromatic heterocycles. The van der Waals surface area contributed by atoms with Crippen molar-refractivity contribution in [3.63, 3.8) is 0 Å². The van der Waals surface area contributed by atoms with Gasteiger partial charge >= 0.3 is 6.03 Å². The molecule has 1 N–H and O–H groups in total. The molecule has 2 saturated heterocycles. The van der Waals surface area contributed by atoms with Crippen LogP contribution in [0.4, 0.5) is 14.9 Å². The number of amides is 2. The van der Waals surface area contributed by atoms with Crippen LogP contribution in [0.25, 0.3) is 0 Å². The second-order valence-corrected chi connectivity index (χ2v) is 5.67. The van der Waals surface area contributed by atoms with Crippen LogP contribution in [-0.2, 0) is 0 Å². The monoisotopic (exact) mass is 314 g/mol. The van der Waals surface area contributed by atoms with Gasteiger partial charge in [-0.2, -0.15) is 0 Å². The zero-order valence-electron chi connectivity index (χ0n) is 11.6. The van der Waals surface area contributed by atoms with Gasteiger partial charge in [-0.1, -0.05) is 11.6 Å². The topological polar surface area (TPSA) is 53.0 Å². The van der Waals surface area contributed by atoms with E-state index in [-0.39, 0.29) is 28.5 Å². The van der Waals surface area contributed by atoms with E-state index in [1.165, 1.54) is 13.2 Å². The number of piperidine rings is 1. The molecule has 2 heterocycles. The minimum absolute atomic E-state index is 0.0110. The van der Waals surface area contributed by atoms with Crippen LogP contribution in [0, 0.1) is 5.82 Å². The number of urea groups is 1. The number of benzene rings is 1. The number of methoxy groups -OCH3 is 1. The summed E-state index contributed by atoms with van der Waals surface area (Å²) in [7, 11) is 1.41. The van der Waals surface area contributed by atoms with Crippen LogP contribution in [0.15, 0.2) is 12.1 Å². The lowest BCUT2D eigenvalue weighted by atomic mass is 10.0. The molecule has 0 aliphatic carbocycles. The molecule has 2 amide bonds. The lowest BCUT2D eigenvalue weighted by Crippen LogP contribution is -2.40.